The first-order chi connectivity index (χ1) is 15.8. The molecular formula is C24H23ClN4O4. The lowest BCUT2D eigenvalue weighted by atomic mass is 10.0. The van der Waals surface area contributed by atoms with Crippen LogP contribution in [0.3, 0.4) is 0 Å². The van der Waals surface area contributed by atoms with Crippen molar-refractivity contribution in [2.24, 2.45) is 0 Å². The van der Waals surface area contributed by atoms with Gasteiger partial charge in [-0.2, -0.15) is 0 Å². The summed E-state index contributed by atoms with van der Waals surface area (Å²) in [6.07, 6.45) is 1.06. The number of anilines is 1. The highest BCUT2D eigenvalue weighted by Gasteiger charge is 2.39. The Hall–Kier alpha value is -3.65. The molecule has 0 spiro atoms. The first-order valence-electron chi connectivity index (χ1n) is 10.5. The van der Waals surface area contributed by atoms with Gasteiger partial charge < -0.3 is 15.5 Å². The number of imide groups is 1. The van der Waals surface area contributed by atoms with Crippen molar-refractivity contribution in [1.29, 1.82) is 0 Å². The number of benzene rings is 2. The molecule has 8 nitrogen and oxygen atoms in total. The Morgan fingerprint density at radius 1 is 1.24 bits per heavy atom. The number of amides is 5. The number of nitrogens with one attached hydrogen (secondary N) is 2. The molecule has 2 aliphatic heterocycles. The Labute approximate surface area is 196 Å². The number of urea groups is 1. The van der Waals surface area contributed by atoms with E-state index in [9.17, 15) is 19.2 Å². The summed E-state index contributed by atoms with van der Waals surface area (Å²) in [5.74, 6) is -0.472. The second-order valence-corrected chi connectivity index (χ2v) is 8.52. The third-order valence-corrected chi connectivity index (χ3v) is 6.37. The number of fused-ring (bicyclic) bond motifs is 1. The topological polar surface area (TPSA) is 98.8 Å². The Morgan fingerprint density at radius 3 is 2.76 bits per heavy atom. The van der Waals surface area contributed by atoms with Crippen molar-refractivity contribution in [2.75, 3.05) is 5.32 Å². The van der Waals surface area contributed by atoms with Crippen molar-refractivity contribution in [1.82, 2.24) is 15.1 Å². The SMILES string of the molecule is C=C1C(N2Cc3cc(CNC(=O)Nc4ccc(C)c(Cl)c4)ccc3C2=O)CCC(=O)N1C=O. The van der Waals surface area contributed by atoms with Gasteiger partial charge in [0.15, 0.2) is 0 Å². The summed E-state index contributed by atoms with van der Waals surface area (Å²) >= 11 is 6.09. The third kappa shape index (κ3) is 4.47. The Balaban J connectivity index is 1.40. The minimum atomic E-state index is -0.415. The second-order valence-electron chi connectivity index (χ2n) is 8.11. The number of hydrogen-bond donors (Lipinski definition) is 2. The van der Waals surface area contributed by atoms with Gasteiger partial charge in [0, 0.05) is 41.5 Å². The van der Waals surface area contributed by atoms with Crippen LogP contribution >= 0.6 is 11.6 Å². The quantitative estimate of drug-likeness (QED) is 0.658. The monoisotopic (exact) mass is 466 g/mol. The van der Waals surface area contributed by atoms with Gasteiger partial charge in [-0.15, -0.1) is 0 Å². The molecule has 9 heteroatoms. The molecule has 1 saturated heterocycles. The number of hydrogen-bond acceptors (Lipinski definition) is 4. The zero-order valence-corrected chi connectivity index (χ0v) is 18.8. The van der Waals surface area contributed by atoms with E-state index in [4.69, 9.17) is 11.6 Å². The minimum absolute atomic E-state index is 0.162. The van der Waals surface area contributed by atoms with Crippen LogP contribution in [0.25, 0.3) is 0 Å². The second kappa shape index (κ2) is 9.07. The van der Waals surface area contributed by atoms with Crippen LogP contribution in [0.2, 0.25) is 5.02 Å². The fraction of sp³-hybridized carbons (Fsp3) is 0.250. The zero-order chi connectivity index (χ0) is 23.7. The summed E-state index contributed by atoms with van der Waals surface area (Å²) in [5, 5.41) is 6.11. The average Bonchev–Trinajstić information content (AvgIpc) is 3.11. The van der Waals surface area contributed by atoms with Crippen molar-refractivity contribution >= 4 is 41.5 Å². The van der Waals surface area contributed by atoms with Crippen molar-refractivity contribution in [2.45, 2.75) is 38.9 Å². The van der Waals surface area contributed by atoms with Crippen LogP contribution in [0, 0.1) is 6.92 Å². The summed E-state index contributed by atoms with van der Waals surface area (Å²) in [6.45, 7) is 6.37. The lowest BCUT2D eigenvalue weighted by molar-refractivity contribution is -0.138. The molecule has 2 aromatic rings. The molecule has 1 atom stereocenters. The maximum Gasteiger partial charge on any atom is 0.319 e. The number of piperidine rings is 1. The van der Waals surface area contributed by atoms with Gasteiger partial charge in [-0.3, -0.25) is 19.3 Å². The lowest BCUT2D eigenvalue weighted by Gasteiger charge is -2.36. The molecule has 2 heterocycles. The first kappa shape index (κ1) is 22.5. The minimum Gasteiger partial charge on any atom is -0.334 e. The van der Waals surface area contributed by atoms with Crippen molar-refractivity contribution in [3.05, 3.63) is 76.0 Å². The molecule has 0 saturated carbocycles. The number of carbonyl (C=O) groups excluding carboxylic acids is 4. The number of halogens is 1. The summed E-state index contributed by atoms with van der Waals surface area (Å²) in [7, 11) is 0. The van der Waals surface area contributed by atoms with Crippen molar-refractivity contribution in [3.63, 3.8) is 0 Å². The zero-order valence-electron chi connectivity index (χ0n) is 18.1. The van der Waals surface area contributed by atoms with Gasteiger partial charge in [0.25, 0.3) is 5.91 Å². The maximum absolute atomic E-state index is 13.0. The van der Waals surface area contributed by atoms with Crippen LogP contribution in [0.5, 0.6) is 0 Å². The van der Waals surface area contributed by atoms with Gasteiger partial charge in [0.2, 0.25) is 12.3 Å². The van der Waals surface area contributed by atoms with E-state index in [1.165, 1.54) is 0 Å². The molecule has 0 aromatic heterocycles. The van der Waals surface area contributed by atoms with Gasteiger partial charge in [0.05, 0.1) is 6.04 Å². The van der Waals surface area contributed by atoms with Crippen LogP contribution in [0.1, 0.15) is 39.9 Å². The molecule has 4 rings (SSSR count). The summed E-state index contributed by atoms with van der Waals surface area (Å²) in [6, 6.07) is 9.91. The molecule has 2 aliphatic rings. The summed E-state index contributed by atoms with van der Waals surface area (Å²) in [4.78, 5) is 51.0. The standard InChI is InChI=1S/C24H23ClN4O4/c1-14-3-5-18(10-20(14)25)27-24(33)26-11-16-4-6-19-17(9-16)12-28(23(19)32)21-7-8-22(31)29(13-30)15(21)2/h3-6,9-10,13,21H,2,7-8,11-12H2,1H3,(H2,26,27,33). The first-order valence-corrected chi connectivity index (χ1v) is 10.9. The third-order valence-electron chi connectivity index (χ3n) is 5.96. The van der Waals surface area contributed by atoms with E-state index in [1.807, 2.05) is 19.1 Å². The van der Waals surface area contributed by atoms with Crippen LogP contribution in [-0.2, 0) is 22.7 Å². The van der Waals surface area contributed by atoms with Crippen molar-refractivity contribution < 1.29 is 19.2 Å². The highest BCUT2D eigenvalue weighted by Crippen LogP contribution is 2.32. The lowest BCUT2D eigenvalue weighted by Crippen LogP contribution is -2.47. The Bertz CT molecular complexity index is 1180. The number of carbonyl (C=O) groups is 4. The number of rotatable bonds is 5. The molecule has 0 aliphatic carbocycles. The molecular weight excluding hydrogens is 444 g/mol. The largest absolute Gasteiger partial charge is 0.334 e. The molecule has 170 valence electrons. The van der Waals surface area contributed by atoms with E-state index in [1.54, 1.807) is 29.2 Å². The van der Waals surface area contributed by atoms with E-state index >= 15 is 0 Å². The van der Waals surface area contributed by atoms with Gasteiger partial charge in [0.1, 0.15) is 0 Å². The Morgan fingerprint density at radius 2 is 2.03 bits per heavy atom. The summed E-state index contributed by atoms with van der Waals surface area (Å²) < 4.78 is 0. The van der Waals surface area contributed by atoms with Crippen LogP contribution < -0.4 is 10.6 Å². The van der Waals surface area contributed by atoms with Gasteiger partial charge in [-0.25, -0.2) is 4.79 Å². The molecule has 33 heavy (non-hydrogen) atoms. The molecule has 2 N–H and O–H groups in total. The molecule has 2 aromatic carbocycles. The Kier molecular flexibility index (Phi) is 6.20. The van der Waals surface area contributed by atoms with Crippen LogP contribution in [-0.4, -0.2) is 40.1 Å². The van der Waals surface area contributed by atoms with E-state index < -0.39 is 6.04 Å². The molecule has 0 bridgehead atoms. The van der Waals surface area contributed by atoms with Gasteiger partial charge in [-0.05, 0) is 48.2 Å². The predicted molar refractivity (Wildman–Crippen MR) is 123 cm³/mol. The van der Waals surface area contributed by atoms with E-state index in [0.29, 0.717) is 41.3 Å². The summed E-state index contributed by atoms with van der Waals surface area (Å²) in [5.41, 5.74) is 4.07. The average molecular weight is 467 g/mol. The fourth-order valence-electron chi connectivity index (χ4n) is 4.12. The predicted octanol–water partition coefficient (Wildman–Crippen LogP) is 3.59. The fourth-order valence-corrected chi connectivity index (χ4v) is 4.30. The van der Waals surface area contributed by atoms with Crippen LogP contribution in [0.4, 0.5) is 10.5 Å². The maximum atomic E-state index is 13.0. The van der Waals surface area contributed by atoms with E-state index in [2.05, 4.69) is 17.2 Å². The van der Waals surface area contributed by atoms with Crippen molar-refractivity contribution in [3.8, 4) is 0 Å². The highest BCUT2D eigenvalue weighted by molar-refractivity contribution is 6.31. The highest BCUT2D eigenvalue weighted by atomic mass is 35.5. The molecule has 5 amide bonds. The number of aryl methyl sites for hydroxylation is 1. The van der Waals surface area contributed by atoms with E-state index in [-0.39, 0.29) is 30.8 Å². The van der Waals surface area contributed by atoms with Crippen LogP contribution in [0.15, 0.2) is 48.7 Å². The van der Waals surface area contributed by atoms with E-state index in [0.717, 1.165) is 21.6 Å². The molecule has 1 fully saturated rings. The van der Waals surface area contributed by atoms with Gasteiger partial charge >= 0.3 is 6.03 Å². The van der Waals surface area contributed by atoms with Gasteiger partial charge in [-0.1, -0.05) is 36.4 Å². The molecule has 0 radical (unpaired) electrons. The number of likely N-dealkylation sites (tertiary alicyclic amines) is 1. The normalized spacial score (nSPS) is 17.8. The molecule has 1 unspecified atom stereocenters. The number of nitrogens with zero attached hydrogens (tertiary/aromatic N) is 2. The smallest absolute Gasteiger partial charge is 0.319 e.